The third-order valence-corrected chi connectivity index (χ3v) is 5.57. The molecule has 4 amide bonds. The molecule has 1 N–H and O–H groups in total. The van der Waals surface area contributed by atoms with Crippen LogP contribution in [0.3, 0.4) is 0 Å². The SMILES string of the molecule is O=C1N[C@H](CCC(=O)N2CCCC[C@@H]2c2cccnc2)C(=O)N1c1ccccc1. The van der Waals surface area contributed by atoms with Gasteiger partial charge in [-0.25, -0.2) is 9.69 Å². The number of anilines is 1. The Morgan fingerprint density at radius 1 is 1.10 bits per heavy atom. The van der Waals surface area contributed by atoms with E-state index in [0.717, 1.165) is 29.7 Å². The minimum atomic E-state index is -0.673. The number of hydrogen-bond acceptors (Lipinski definition) is 4. The topological polar surface area (TPSA) is 82.6 Å². The first-order valence-electron chi connectivity index (χ1n) is 10.0. The fraction of sp³-hybridized carbons (Fsp3) is 0.364. The van der Waals surface area contributed by atoms with Crippen molar-refractivity contribution in [2.75, 3.05) is 11.4 Å². The molecule has 2 aliphatic heterocycles. The van der Waals surface area contributed by atoms with E-state index in [4.69, 9.17) is 0 Å². The number of carbonyl (C=O) groups excluding carboxylic acids is 3. The number of amides is 4. The summed E-state index contributed by atoms with van der Waals surface area (Å²) in [5.41, 5.74) is 1.58. The van der Waals surface area contributed by atoms with Gasteiger partial charge in [0.25, 0.3) is 5.91 Å². The van der Waals surface area contributed by atoms with Gasteiger partial charge < -0.3 is 10.2 Å². The van der Waals surface area contributed by atoms with E-state index in [2.05, 4.69) is 10.3 Å². The molecule has 2 atom stereocenters. The molecule has 0 bridgehead atoms. The van der Waals surface area contributed by atoms with Gasteiger partial charge in [-0.2, -0.15) is 0 Å². The number of pyridine rings is 1. The summed E-state index contributed by atoms with van der Waals surface area (Å²) in [5.74, 6) is -0.296. The van der Waals surface area contributed by atoms with Crippen LogP contribution in [0.5, 0.6) is 0 Å². The maximum absolute atomic E-state index is 12.9. The highest BCUT2D eigenvalue weighted by Gasteiger charge is 2.39. The first-order chi connectivity index (χ1) is 14.1. The second-order valence-electron chi connectivity index (χ2n) is 7.44. The van der Waals surface area contributed by atoms with Crippen LogP contribution in [0.2, 0.25) is 0 Å². The van der Waals surface area contributed by atoms with Crippen LogP contribution in [-0.2, 0) is 9.59 Å². The monoisotopic (exact) mass is 392 g/mol. The van der Waals surface area contributed by atoms with Crippen molar-refractivity contribution in [1.82, 2.24) is 15.2 Å². The van der Waals surface area contributed by atoms with Crippen LogP contribution in [0.15, 0.2) is 54.9 Å². The number of aromatic nitrogens is 1. The fourth-order valence-electron chi connectivity index (χ4n) is 4.11. The summed E-state index contributed by atoms with van der Waals surface area (Å²) >= 11 is 0. The molecule has 0 spiro atoms. The molecule has 150 valence electrons. The van der Waals surface area contributed by atoms with Gasteiger partial charge in [-0.05, 0) is 49.4 Å². The van der Waals surface area contributed by atoms with Gasteiger partial charge in [0.1, 0.15) is 6.04 Å². The van der Waals surface area contributed by atoms with E-state index in [9.17, 15) is 14.4 Å². The molecule has 2 saturated heterocycles. The number of carbonyl (C=O) groups is 3. The number of hydrogen-bond donors (Lipinski definition) is 1. The van der Waals surface area contributed by atoms with Gasteiger partial charge >= 0.3 is 6.03 Å². The van der Waals surface area contributed by atoms with Gasteiger partial charge in [-0.3, -0.25) is 14.6 Å². The van der Waals surface area contributed by atoms with Crippen molar-refractivity contribution in [2.45, 2.75) is 44.2 Å². The van der Waals surface area contributed by atoms with Crippen molar-refractivity contribution in [3.05, 3.63) is 60.4 Å². The number of piperidine rings is 1. The Balaban J connectivity index is 1.40. The van der Waals surface area contributed by atoms with Crippen molar-refractivity contribution in [3.63, 3.8) is 0 Å². The third-order valence-electron chi connectivity index (χ3n) is 5.57. The first-order valence-corrected chi connectivity index (χ1v) is 10.0. The number of urea groups is 1. The minimum Gasteiger partial charge on any atom is -0.336 e. The summed E-state index contributed by atoms with van der Waals surface area (Å²) in [4.78, 5) is 45.1. The molecule has 0 unspecified atom stereocenters. The van der Waals surface area contributed by atoms with Crippen LogP contribution < -0.4 is 10.2 Å². The summed E-state index contributed by atoms with van der Waals surface area (Å²) < 4.78 is 0. The standard InChI is InChI=1S/C22H24N4O3/c27-20(25-14-5-4-10-19(25)16-7-6-13-23-15-16)12-11-18-21(28)26(22(29)24-18)17-8-2-1-3-9-17/h1-3,6-9,13,15,18-19H,4-5,10-12,14H2,(H,24,29)/t18-,19-/m1/s1. The Kier molecular flexibility index (Phi) is 5.55. The van der Waals surface area contributed by atoms with Crippen LogP contribution in [0, 0.1) is 0 Å². The average molecular weight is 392 g/mol. The molecule has 0 saturated carbocycles. The van der Waals surface area contributed by atoms with Gasteiger partial charge in [0, 0.05) is 25.4 Å². The maximum atomic E-state index is 12.9. The molecule has 1 aromatic carbocycles. The summed E-state index contributed by atoms with van der Waals surface area (Å²) in [6.45, 7) is 0.708. The van der Waals surface area contributed by atoms with Crippen LogP contribution in [0.1, 0.15) is 43.7 Å². The van der Waals surface area contributed by atoms with Gasteiger partial charge in [-0.15, -0.1) is 0 Å². The predicted molar refractivity (Wildman–Crippen MR) is 108 cm³/mol. The molecule has 29 heavy (non-hydrogen) atoms. The Morgan fingerprint density at radius 2 is 1.93 bits per heavy atom. The lowest BCUT2D eigenvalue weighted by Gasteiger charge is -2.36. The molecular weight excluding hydrogens is 368 g/mol. The lowest BCUT2D eigenvalue weighted by Crippen LogP contribution is -2.39. The second-order valence-corrected chi connectivity index (χ2v) is 7.44. The van der Waals surface area contributed by atoms with Gasteiger partial charge in [0.2, 0.25) is 5.91 Å². The molecular formula is C22H24N4O3. The zero-order chi connectivity index (χ0) is 20.2. The van der Waals surface area contributed by atoms with Gasteiger partial charge in [0.15, 0.2) is 0 Å². The quantitative estimate of drug-likeness (QED) is 0.793. The summed E-state index contributed by atoms with van der Waals surface area (Å²) in [6.07, 6.45) is 7.02. The summed E-state index contributed by atoms with van der Waals surface area (Å²) in [6, 6.07) is 11.6. The van der Waals surface area contributed by atoms with Crippen molar-refractivity contribution < 1.29 is 14.4 Å². The molecule has 4 rings (SSSR count). The van der Waals surface area contributed by atoms with E-state index in [0.29, 0.717) is 18.7 Å². The van der Waals surface area contributed by atoms with Crippen molar-refractivity contribution in [3.8, 4) is 0 Å². The molecule has 1 aromatic heterocycles. The Hall–Kier alpha value is -3.22. The number of para-hydroxylation sites is 1. The van der Waals surface area contributed by atoms with E-state index < -0.39 is 12.1 Å². The fourth-order valence-corrected chi connectivity index (χ4v) is 4.11. The van der Waals surface area contributed by atoms with Crippen LogP contribution in [0.25, 0.3) is 0 Å². The highest BCUT2D eigenvalue weighted by Crippen LogP contribution is 2.31. The van der Waals surface area contributed by atoms with Crippen LogP contribution in [0.4, 0.5) is 10.5 Å². The molecule has 0 aliphatic carbocycles. The largest absolute Gasteiger partial charge is 0.336 e. The molecule has 0 radical (unpaired) electrons. The molecule has 3 heterocycles. The Bertz CT molecular complexity index is 887. The van der Waals surface area contributed by atoms with Gasteiger partial charge in [0.05, 0.1) is 11.7 Å². The normalized spacial score (nSPS) is 21.9. The van der Waals surface area contributed by atoms with Crippen molar-refractivity contribution >= 4 is 23.5 Å². The third kappa shape index (κ3) is 3.99. The molecule has 7 nitrogen and oxygen atoms in total. The average Bonchev–Trinajstić information content (AvgIpc) is 3.06. The summed E-state index contributed by atoms with van der Waals surface area (Å²) in [5, 5.41) is 2.71. The van der Waals surface area contributed by atoms with E-state index >= 15 is 0 Å². The highest BCUT2D eigenvalue weighted by atomic mass is 16.2. The number of rotatable bonds is 5. The number of nitrogens with one attached hydrogen (secondary N) is 1. The molecule has 2 aliphatic rings. The number of likely N-dealkylation sites (tertiary alicyclic amines) is 1. The van der Waals surface area contributed by atoms with Crippen molar-refractivity contribution in [2.24, 2.45) is 0 Å². The predicted octanol–water partition coefficient (Wildman–Crippen LogP) is 3.04. The minimum absolute atomic E-state index is 0.0127. The van der Waals surface area contributed by atoms with E-state index in [-0.39, 0.29) is 24.3 Å². The smallest absolute Gasteiger partial charge is 0.329 e. The maximum Gasteiger partial charge on any atom is 0.329 e. The lowest BCUT2D eigenvalue weighted by atomic mass is 9.95. The highest BCUT2D eigenvalue weighted by molar-refractivity contribution is 6.21. The van der Waals surface area contributed by atoms with E-state index in [1.54, 1.807) is 30.5 Å². The van der Waals surface area contributed by atoms with Crippen molar-refractivity contribution in [1.29, 1.82) is 0 Å². The summed E-state index contributed by atoms with van der Waals surface area (Å²) in [7, 11) is 0. The Morgan fingerprint density at radius 3 is 2.69 bits per heavy atom. The van der Waals surface area contributed by atoms with Crippen LogP contribution in [-0.4, -0.2) is 40.3 Å². The first kappa shape index (κ1) is 19.1. The second kappa shape index (κ2) is 8.43. The van der Waals surface area contributed by atoms with E-state index in [1.165, 1.54) is 0 Å². The Labute approximate surface area is 169 Å². The number of imide groups is 1. The van der Waals surface area contributed by atoms with E-state index in [1.807, 2.05) is 29.3 Å². The zero-order valence-corrected chi connectivity index (χ0v) is 16.2. The molecule has 2 fully saturated rings. The van der Waals surface area contributed by atoms with Gasteiger partial charge in [-0.1, -0.05) is 24.3 Å². The lowest BCUT2D eigenvalue weighted by molar-refractivity contribution is -0.135. The van der Waals surface area contributed by atoms with Crippen LogP contribution >= 0.6 is 0 Å². The zero-order valence-electron chi connectivity index (χ0n) is 16.2. The molecule has 2 aromatic rings. The number of benzene rings is 1. The number of nitrogens with zero attached hydrogens (tertiary/aromatic N) is 3. The molecule has 7 heteroatoms.